The Morgan fingerprint density at radius 2 is 1.94 bits per heavy atom. The number of hydrogen-bond acceptors (Lipinski definition) is 7. The molecule has 0 bridgehead atoms. The number of oxime groups is 1. The fourth-order valence-electron chi connectivity index (χ4n) is 4.14. The van der Waals surface area contributed by atoms with E-state index in [2.05, 4.69) is 10.5 Å². The molecule has 2 aromatic carbocycles. The number of para-hydroxylation sites is 1. The van der Waals surface area contributed by atoms with Gasteiger partial charge in [-0.25, -0.2) is 0 Å². The first-order chi connectivity index (χ1) is 15.1. The number of nitrogens with one attached hydrogen (secondary N) is 1. The zero-order chi connectivity index (χ0) is 21.6. The van der Waals surface area contributed by atoms with Crippen LogP contribution in [0.5, 0.6) is 11.5 Å². The first-order valence-corrected chi connectivity index (χ1v) is 9.57. The summed E-state index contributed by atoms with van der Waals surface area (Å²) in [6.45, 7) is 0. The summed E-state index contributed by atoms with van der Waals surface area (Å²) in [5.41, 5.74) is 0.179. The van der Waals surface area contributed by atoms with E-state index in [1.165, 1.54) is 20.5 Å². The Morgan fingerprint density at radius 3 is 2.68 bits per heavy atom. The smallest absolute Gasteiger partial charge is 0.277 e. The number of rotatable bonds is 5. The maximum Gasteiger partial charge on any atom is 0.277 e. The first-order valence-electron chi connectivity index (χ1n) is 9.57. The van der Waals surface area contributed by atoms with Crippen molar-refractivity contribution in [1.29, 1.82) is 0 Å². The van der Waals surface area contributed by atoms with Crippen LogP contribution >= 0.6 is 0 Å². The van der Waals surface area contributed by atoms with Crippen molar-refractivity contribution in [2.24, 2.45) is 11.1 Å². The van der Waals surface area contributed by atoms with Gasteiger partial charge in [0.1, 0.15) is 23.1 Å². The molecule has 2 unspecified atom stereocenters. The molecular weight excluding hydrogens is 400 g/mol. The highest BCUT2D eigenvalue weighted by atomic mass is 16.7. The van der Waals surface area contributed by atoms with E-state index in [0.717, 1.165) is 0 Å². The summed E-state index contributed by atoms with van der Waals surface area (Å²) >= 11 is 0. The quantitative estimate of drug-likeness (QED) is 0.638. The van der Waals surface area contributed by atoms with Crippen LogP contribution in [0.3, 0.4) is 0 Å². The largest absolute Gasteiger partial charge is 0.497 e. The molecule has 0 aliphatic carbocycles. The molecule has 8 nitrogen and oxygen atoms in total. The minimum atomic E-state index is -1.66. The van der Waals surface area contributed by atoms with Crippen LogP contribution in [0.15, 0.2) is 70.4 Å². The number of Topliss-reactive ketones (excluding diaryl/α,β-unsaturated/α-hetero) is 1. The number of nitrogens with zero attached hydrogens (tertiary/aromatic N) is 1. The second-order valence-corrected chi connectivity index (χ2v) is 7.14. The van der Waals surface area contributed by atoms with Crippen molar-refractivity contribution < 1.29 is 28.3 Å². The van der Waals surface area contributed by atoms with Crippen LogP contribution in [0.4, 0.5) is 5.69 Å². The lowest BCUT2D eigenvalue weighted by Crippen LogP contribution is -2.46. The number of anilines is 1. The molecule has 31 heavy (non-hydrogen) atoms. The van der Waals surface area contributed by atoms with Crippen LogP contribution < -0.4 is 14.8 Å². The molecule has 1 amide bonds. The van der Waals surface area contributed by atoms with Crippen LogP contribution in [-0.4, -0.2) is 31.6 Å². The number of carbonyl (C=O) groups is 2. The number of ether oxygens (including phenoxy) is 2. The Balaban J connectivity index is 1.73. The number of hydrogen-bond donors (Lipinski definition) is 1. The number of furan rings is 1. The normalized spacial score (nSPS) is 21.3. The lowest BCUT2D eigenvalue weighted by atomic mass is 9.75. The molecule has 3 aromatic rings. The molecule has 1 N–H and O–H groups in total. The van der Waals surface area contributed by atoms with Gasteiger partial charge >= 0.3 is 0 Å². The van der Waals surface area contributed by atoms with E-state index in [9.17, 15) is 9.59 Å². The van der Waals surface area contributed by atoms with E-state index in [1.807, 2.05) is 0 Å². The third-order valence-corrected chi connectivity index (χ3v) is 5.59. The van der Waals surface area contributed by atoms with Crippen molar-refractivity contribution in [3.05, 3.63) is 77.7 Å². The molecule has 3 heterocycles. The minimum absolute atomic E-state index is 0.0987. The van der Waals surface area contributed by atoms with Gasteiger partial charge in [0.05, 0.1) is 20.5 Å². The van der Waals surface area contributed by atoms with E-state index in [0.29, 0.717) is 28.3 Å². The first kappa shape index (κ1) is 18.9. The van der Waals surface area contributed by atoms with Crippen molar-refractivity contribution >= 4 is 23.1 Å². The van der Waals surface area contributed by atoms with Crippen LogP contribution in [0.1, 0.15) is 21.7 Å². The monoisotopic (exact) mass is 418 g/mol. The summed E-state index contributed by atoms with van der Waals surface area (Å²) < 4.78 is 16.2. The third kappa shape index (κ3) is 2.64. The number of amides is 1. The number of ketones is 1. The zero-order valence-electron chi connectivity index (χ0n) is 16.7. The Hall–Kier alpha value is -4.07. The topological polar surface area (TPSA) is 99.4 Å². The van der Waals surface area contributed by atoms with Gasteiger partial charge in [-0.15, -0.1) is 0 Å². The molecule has 156 valence electrons. The molecule has 1 spiro atoms. The molecule has 2 aliphatic heterocycles. The summed E-state index contributed by atoms with van der Waals surface area (Å²) in [4.78, 5) is 32.7. The average molecular weight is 418 g/mol. The predicted molar refractivity (Wildman–Crippen MR) is 110 cm³/mol. The van der Waals surface area contributed by atoms with Gasteiger partial charge in [0.15, 0.2) is 5.76 Å². The summed E-state index contributed by atoms with van der Waals surface area (Å²) in [6, 6.07) is 15.4. The molecule has 2 aliphatic rings. The maximum absolute atomic E-state index is 13.7. The maximum atomic E-state index is 13.7. The van der Waals surface area contributed by atoms with E-state index in [4.69, 9.17) is 18.7 Å². The van der Waals surface area contributed by atoms with E-state index in [1.54, 1.807) is 54.6 Å². The molecule has 0 fully saturated rings. The summed E-state index contributed by atoms with van der Waals surface area (Å²) in [5, 5.41) is 7.05. The lowest BCUT2D eigenvalue weighted by molar-refractivity contribution is -0.140. The van der Waals surface area contributed by atoms with Gasteiger partial charge in [-0.05, 0) is 36.4 Å². The fourth-order valence-corrected chi connectivity index (χ4v) is 4.14. The highest BCUT2D eigenvalue weighted by molar-refractivity contribution is 6.25. The van der Waals surface area contributed by atoms with Gasteiger partial charge in [0.25, 0.3) is 11.5 Å². The number of fused-ring (bicyclic) bond motifs is 2. The van der Waals surface area contributed by atoms with Crippen molar-refractivity contribution in [2.45, 2.75) is 5.60 Å². The minimum Gasteiger partial charge on any atom is -0.497 e. The van der Waals surface area contributed by atoms with Crippen LogP contribution in [0, 0.1) is 5.92 Å². The Kier molecular flexibility index (Phi) is 4.28. The zero-order valence-corrected chi connectivity index (χ0v) is 16.7. The van der Waals surface area contributed by atoms with Crippen molar-refractivity contribution in [1.82, 2.24) is 0 Å². The predicted octanol–water partition coefficient (Wildman–Crippen LogP) is 3.38. The average Bonchev–Trinajstić information content (AvgIpc) is 3.53. The fraction of sp³-hybridized carbons (Fsp3) is 0.174. The summed E-state index contributed by atoms with van der Waals surface area (Å²) in [7, 11) is 3.05. The summed E-state index contributed by atoms with van der Waals surface area (Å²) in [6.07, 6.45) is 1.40. The lowest BCUT2D eigenvalue weighted by Gasteiger charge is -2.26. The Bertz CT molecular complexity index is 1220. The second-order valence-electron chi connectivity index (χ2n) is 7.14. The molecule has 0 saturated carbocycles. The molecular formula is C23H18N2O6. The van der Waals surface area contributed by atoms with Gasteiger partial charge in [-0.3, -0.25) is 9.59 Å². The molecule has 8 heteroatoms. The molecule has 5 rings (SSSR count). The van der Waals surface area contributed by atoms with Gasteiger partial charge < -0.3 is 24.0 Å². The number of methoxy groups -OCH3 is 2. The van der Waals surface area contributed by atoms with Crippen LogP contribution in [0.25, 0.3) is 0 Å². The highest BCUT2D eigenvalue weighted by Gasteiger charge is 2.64. The third-order valence-electron chi connectivity index (χ3n) is 5.59. The van der Waals surface area contributed by atoms with Gasteiger partial charge in [-0.1, -0.05) is 23.4 Å². The molecule has 0 radical (unpaired) electrons. The van der Waals surface area contributed by atoms with Gasteiger partial charge in [0.2, 0.25) is 5.78 Å². The van der Waals surface area contributed by atoms with Gasteiger partial charge in [-0.2, -0.15) is 0 Å². The van der Waals surface area contributed by atoms with Crippen molar-refractivity contribution in [3.8, 4) is 11.5 Å². The molecule has 0 saturated heterocycles. The van der Waals surface area contributed by atoms with Crippen molar-refractivity contribution in [2.75, 3.05) is 19.5 Å². The number of benzene rings is 2. The molecule has 2 atom stereocenters. The van der Waals surface area contributed by atoms with Crippen LogP contribution in [-0.2, 0) is 15.2 Å². The second kappa shape index (κ2) is 7.02. The number of carbonyl (C=O) groups excluding carboxylic acids is 2. The summed E-state index contributed by atoms with van der Waals surface area (Å²) in [5.74, 6) is -0.911. The highest BCUT2D eigenvalue weighted by Crippen LogP contribution is 2.50. The Labute approximate surface area is 177 Å². The van der Waals surface area contributed by atoms with E-state index < -0.39 is 23.2 Å². The van der Waals surface area contributed by atoms with E-state index in [-0.39, 0.29) is 11.5 Å². The Morgan fingerprint density at radius 1 is 1.10 bits per heavy atom. The standard InChI is InChI=1S/C23H18N2O6/c1-28-13-9-10-17(29-2)14(12-13)20-19(21(26)18-8-5-11-30-18)23(31-25-20)15-6-3-4-7-16(15)24-22(23)27/h3-12,19H,1-2H3,(H,24,27). The SMILES string of the molecule is COc1ccc(OC)c(C2=NOC3(C(=O)Nc4ccccc43)C2C(=O)c2ccco2)c1. The van der Waals surface area contributed by atoms with Crippen molar-refractivity contribution in [3.63, 3.8) is 0 Å². The molecule has 1 aromatic heterocycles. The van der Waals surface area contributed by atoms with Crippen LogP contribution in [0.2, 0.25) is 0 Å². The van der Waals surface area contributed by atoms with Gasteiger partial charge in [0, 0.05) is 16.8 Å². The van der Waals surface area contributed by atoms with E-state index >= 15 is 0 Å².